The average Bonchev–Trinajstić information content (AvgIpc) is 2.90. The van der Waals surface area contributed by atoms with Gasteiger partial charge < -0.3 is 14.6 Å². The molecule has 3 heteroatoms. The van der Waals surface area contributed by atoms with E-state index in [9.17, 15) is 5.11 Å². The summed E-state index contributed by atoms with van der Waals surface area (Å²) in [4.78, 5) is 0. The molecule has 0 bridgehead atoms. The first-order valence-corrected chi connectivity index (χ1v) is 10.2. The van der Waals surface area contributed by atoms with E-state index in [0.29, 0.717) is 5.41 Å². The van der Waals surface area contributed by atoms with Crippen molar-refractivity contribution in [2.45, 2.75) is 83.5 Å². The SMILES string of the molecule is COC1(OC)CC[C@@]2(C)C(CC[C@@H]3[C@@H]2CC[C@]2(C)C(O)CC[C@@H]32)C1. The van der Waals surface area contributed by atoms with Crippen LogP contribution in [0.5, 0.6) is 0 Å². The van der Waals surface area contributed by atoms with Crippen molar-refractivity contribution in [2.75, 3.05) is 14.2 Å². The Morgan fingerprint density at radius 2 is 1.50 bits per heavy atom. The predicted molar refractivity (Wildman–Crippen MR) is 94.5 cm³/mol. The van der Waals surface area contributed by atoms with Crippen molar-refractivity contribution in [3.8, 4) is 0 Å². The molecule has 0 heterocycles. The van der Waals surface area contributed by atoms with Crippen molar-refractivity contribution >= 4 is 0 Å². The molecule has 0 aromatic rings. The highest BCUT2D eigenvalue weighted by atomic mass is 16.7. The van der Waals surface area contributed by atoms with Gasteiger partial charge in [0, 0.05) is 27.1 Å². The molecule has 3 nitrogen and oxygen atoms in total. The molecule has 2 unspecified atom stereocenters. The molecule has 4 aliphatic carbocycles. The standard InChI is InChI=1S/C21H36O3/c1-19-11-12-21(23-3,24-4)13-14(19)5-6-15-16-7-8-18(22)20(16,2)10-9-17(15)19/h14-18,22H,5-13H2,1-4H3/t14?,15-,16-,17-,18?,19-,20-/m0/s1. The minimum Gasteiger partial charge on any atom is -0.393 e. The Labute approximate surface area is 147 Å². The highest BCUT2D eigenvalue weighted by molar-refractivity contribution is 5.10. The summed E-state index contributed by atoms with van der Waals surface area (Å²) in [5.41, 5.74) is 0.639. The molecule has 0 aromatic heterocycles. The van der Waals surface area contributed by atoms with Gasteiger partial charge in [0.2, 0.25) is 0 Å². The zero-order chi connectivity index (χ0) is 17.2. The second-order valence-electron chi connectivity index (χ2n) is 9.82. The van der Waals surface area contributed by atoms with Gasteiger partial charge in [-0.05, 0) is 79.4 Å². The number of hydrogen-bond donors (Lipinski definition) is 1. The fourth-order valence-electron chi connectivity index (χ4n) is 7.62. The lowest BCUT2D eigenvalue weighted by Crippen LogP contribution is -2.56. The Morgan fingerprint density at radius 1 is 0.792 bits per heavy atom. The number of ether oxygens (including phenoxy) is 2. The Balaban J connectivity index is 1.59. The summed E-state index contributed by atoms with van der Waals surface area (Å²) in [5.74, 6) is 2.80. The van der Waals surface area contributed by atoms with Crippen LogP contribution in [0.15, 0.2) is 0 Å². The van der Waals surface area contributed by atoms with E-state index >= 15 is 0 Å². The van der Waals surface area contributed by atoms with Crippen molar-refractivity contribution in [3.63, 3.8) is 0 Å². The number of methoxy groups -OCH3 is 2. The number of hydrogen-bond acceptors (Lipinski definition) is 3. The summed E-state index contributed by atoms with van der Waals surface area (Å²) in [6.07, 6.45) is 10.7. The van der Waals surface area contributed by atoms with Crippen LogP contribution in [0.25, 0.3) is 0 Å². The minimum absolute atomic E-state index is 0.0602. The maximum Gasteiger partial charge on any atom is 0.167 e. The molecule has 4 fully saturated rings. The van der Waals surface area contributed by atoms with Gasteiger partial charge in [-0.25, -0.2) is 0 Å². The summed E-state index contributed by atoms with van der Waals surface area (Å²) in [7, 11) is 3.62. The Kier molecular flexibility index (Phi) is 4.10. The van der Waals surface area contributed by atoms with E-state index in [0.717, 1.165) is 42.9 Å². The molecular weight excluding hydrogens is 300 g/mol. The maximum atomic E-state index is 10.6. The third kappa shape index (κ3) is 2.20. The van der Waals surface area contributed by atoms with Gasteiger partial charge in [-0.2, -0.15) is 0 Å². The monoisotopic (exact) mass is 336 g/mol. The first kappa shape index (κ1) is 17.3. The molecular formula is C21H36O3. The second kappa shape index (κ2) is 5.69. The minimum atomic E-state index is -0.344. The molecule has 0 spiro atoms. The van der Waals surface area contributed by atoms with E-state index in [2.05, 4.69) is 13.8 Å². The van der Waals surface area contributed by atoms with Crippen LogP contribution in [0.2, 0.25) is 0 Å². The largest absolute Gasteiger partial charge is 0.393 e. The van der Waals surface area contributed by atoms with Gasteiger partial charge in [-0.1, -0.05) is 13.8 Å². The second-order valence-corrected chi connectivity index (χ2v) is 9.82. The van der Waals surface area contributed by atoms with Gasteiger partial charge in [0.05, 0.1) is 6.10 Å². The fourth-order valence-corrected chi connectivity index (χ4v) is 7.62. The van der Waals surface area contributed by atoms with Crippen molar-refractivity contribution in [1.29, 1.82) is 0 Å². The van der Waals surface area contributed by atoms with Crippen molar-refractivity contribution in [3.05, 3.63) is 0 Å². The third-order valence-corrected chi connectivity index (χ3v) is 9.36. The molecule has 4 saturated carbocycles. The topological polar surface area (TPSA) is 38.7 Å². The average molecular weight is 337 g/mol. The van der Waals surface area contributed by atoms with Crippen LogP contribution in [-0.4, -0.2) is 31.2 Å². The van der Waals surface area contributed by atoms with Crippen molar-refractivity contribution < 1.29 is 14.6 Å². The Hall–Kier alpha value is -0.120. The summed E-state index contributed by atoms with van der Waals surface area (Å²) in [5, 5.41) is 10.6. The van der Waals surface area contributed by atoms with Gasteiger partial charge in [-0.15, -0.1) is 0 Å². The molecule has 4 rings (SSSR count). The smallest absolute Gasteiger partial charge is 0.167 e. The van der Waals surface area contributed by atoms with E-state index in [1.165, 1.54) is 38.5 Å². The molecule has 0 radical (unpaired) electrons. The van der Waals surface area contributed by atoms with E-state index in [1.807, 2.05) is 14.2 Å². The van der Waals surface area contributed by atoms with Crippen LogP contribution >= 0.6 is 0 Å². The van der Waals surface area contributed by atoms with Crippen LogP contribution in [-0.2, 0) is 9.47 Å². The number of aliphatic hydroxyl groups is 1. The number of aliphatic hydroxyl groups excluding tert-OH is 1. The van der Waals surface area contributed by atoms with Crippen LogP contribution in [0.1, 0.15) is 71.6 Å². The van der Waals surface area contributed by atoms with E-state index in [4.69, 9.17) is 9.47 Å². The quantitative estimate of drug-likeness (QED) is 0.761. The molecule has 4 aliphatic rings. The normalized spacial score (nSPS) is 53.1. The molecule has 138 valence electrons. The Bertz CT molecular complexity index is 487. The van der Waals surface area contributed by atoms with Gasteiger partial charge in [0.25, 0.3) is 0 Å². The lowest BCUT2D eigenvalue weighted by Gasteiger charge is -2.61. The van der Waals surface area contributed by atoms with Gasteiger partial charge in [-0.3, -0.25) is 0 Å². The van der Waals surface area contributed by atoms with Crippen LogP contribution in [0.4, 0.5) is 0 Å². The summed E-state index contributed by atoms with van der Waals surface area (Å²) in [6.45, 7) is 4.94. The molecule has 0 amide bonds. The highest BCUT2D eigenvalue weighted by Crippen LogP contribution is 2.67. The van der Waals surface area contributed by atoms with Crippen LogP contribution in [0, 0.1) is 34.5 Å². The van der Waals surface area contributed by atoms with Gasteiger partial charge in [0.1, 0.15) is 0 Å². The van der Waals surface area contributed by atoms with Crippen LogP contribution in [0.3, 0.4) is 0 Å². The van der Waals surface area contributed by atoms with E-state index < -0.39 is 0 Å². The third-order valence-electron chi connectivity index (χ3n) is 9.36. The van der Waals surface area contributed by atoms with Crippen molar-refractivity contribution in [1.82, 2.24) is 0 Å². The zero-order valence-electron chi connectivity index (χ0n) is 16.0. The van der Waals surface area contributed by atoms with E-state index in [1.54, 1.807) is 0 Å². The lowest BCUT2D eigenvalue weighted by molar-refractivity contribution is -0.261. The number of rotatable bonds is 2. The fraction of sp³-hybridized carbons (Fsp3) is 1.00. The van der Waals surface area contributed by atoms with Gasteiger partial charge >= 0.3 is 0 Å². The highest BCUT2D eigenvalue weighted by Gasteiger charge is 2.61. The summed E-state index contributed by atoms with van der Waals surface area (Å²) >= 11 is 0. The molecule has 0 saturated heterocycles. The molecule has 24 heavy (non-hydrogen) atoms. The predicted octanol–water partition coefficient (Wildman–Crippen LogP) is 4.38. The Morgan fingerprint density at radius 3 is 2.21 bits per heavy atom. The van der Waals surface area contributed by atoms with Crippen LogP contribution < -0.4 is 0 Å². The maximum absolute atomic E-state index is 10.6. The molecule has 0 aliphatic heterocycles. The summed E-state index contributed by atoms with van der Waals surface area (Å²) in [6, 6.07) is 0. The number of fused-ring (bicyclic) bond motifs is 5. The molecule has 0 aromatic carbocycles. The van der Waals surface area contributed by atoms with Crippen molar-refractivity contribution in [2.24, 2.45) is 34.5 Å². The first-order chi connectivity index (χ1) is 11.4. The first-order valence-electron chi connectivity index (χ1n) is 10.2. The summed E-state index contributed by atoms with van der Waals surface area (Å²) < 4.78 is 11.6. The zero-order valence-corrected chi connectivity index (χ0v) is 16.0. The lowest BCUT2D eigenvalue weighted by atomic mass is 9.45. The van der Waals surface area contributed by atoms with E-state index in [-0.39, 0.29) is 17.3 Å². The molecule has 7 atom stereocenters. The van der Waals surface area contributed by atoms with Gasteiger partial charge in [0.15, 0.2) is 5.79 Å². The molecule has 1 N–H and O–H groups in total.